The van der Waals surface area contributed by atoms with Crippen LogP contribution in [0, 0.1) is 11.6 Å². The van der Waals surface area contributed by atoms with E-state index in [-0.39, 0.29) is 22.0 Å². The van der Waals surface area contributed by atoms with Crippen molar-refractivity contribution in [3.8, 4) is 17.1 Å². The fourth-order valence-corrected chi connectivity index (χ4v) is 1.65. The number of benzene rings is 1. The van der Waals surface area contributed by atoms with Crippen molar-refractivity contribution in [3.05, 3.63) is 40.9 Å². The molecule has 0 aliphatic rings. The van der Waals surface area contributed by atoms with Crippen molar-refractivity contribution >= 4 is 23.4 Å². The molecule has 0 amide bonds. The average molecular weight is 301 g/mol. The third-order valence-corrected chi connectivity index (χ3v) is 2.73. The molecule has 1 heterocycles. The van der Waals surface area contributed by atoms with Crippen molar-refractivity contribution < 1.29 is 23.4 Å². The maximum absolute atomic E-state index is 13.7. The summed E-state index contributed by atoms with van der Waals surface area (Å²) >= 11 is 5.73. The monoisotopic (exact) mass is 300 g/mol. The quantitative estimate of drug-likeness (QED) is 0.831. The molecular formula is C12H7ClF2N2O3. The predicted molar refractivity (Wildman–Crippen MR) is 67.7 cm³/mol. The number of aromatic nitrogens is 1. The number of anilines is 1. The van der Waals surface area contributed by atoms with E-state index >= 15 is 0 Å². The van der Waals surface area contributed by atoms with Crippen molar-refractivity contribution in [2.45, 2.75) is 0 Å². The van der Waals surface area contributed by atoms with Gasteiger partial charge in [-0.1, -0.05) is 11.6 Å². The van der Waals surface area contributed by atoms with E-state index in [1.165, 1.54) is 6.07 Å². The summed E-state index contributed by atoms with van der Waals surface area (Å²) in [5, 5.41) is 8.34. The lowest BCUT2D eigenvalue weighted by atomic mass is 10.1. The van der Waals surface area contributed by atoms with E-state index in [1.54, 1.807) is 0 Å². The molecule has 0 atom stereocenters. The van der Waals surface area contributed by atoms with Crippen LogP contribution in [-0.4, -0.2) is 16.2 Å². The van der Waals surface area contributed by atoms with Crippen LogP contribution in [0.5, 0.6) is 5.88 Å². The Bertz CT molecular complexity index is 695. The summed E-state index contributed by atoms with van der Waals surface area (Å²) < 4.78 is 30.8. The maximum Gasteiger partial charge on any atom is 0.512 e. The van der Waals surface area contributed by atoms with E-state index in [0.29, 0.717) is 6.07 Å². The van der Waals surface area contributed by atoms with Crippen LogP contribution in [-0.2, 0) is 0 Å². The molecular weight excluding hydrogens is 294 g/mol. The molecule has 0 radical (unpaired) electrons. The van der Waals surface area contributed by atoms with Crippen LogP contribution in [0.2, 0.25) is 5.02 Å². The molecule has 2 rings (SSSR count). The first kappa shape index (κ1) is 14.0. The summed E-state index contributed by atoms with van der Waals surface area (Å²) in [6, 6.07) is 4.07. The number of ether oxygens (including phenoxy) is 1. The van der Waals surface area contributed by atoms with Crippen LogP contribution in [0.1, 0.15) is 0 Å². The zero-order valence-electron chi connectivity index (χ0n) is 9.73. The molecule has 8 heteroatoms. The lowest BCUT2D eigenvalue weighted by molar-refractivity contribution is 0.142. The van der Waals surface area contributed by atoms with Crippen LogP contribution < -0.4 is 10.5 Å². The van der Waals surface area contributed by atoms with Crippen LogP contribution in [0.15, 0.2) is 24.3 Å². The van der Waals surface area contributed by atoms with Gasteiger partial charge in [0.2, 0.25) is 5.88 Å². The Labute approximate surface area is 116 Å². The standard InChI is InChI=1S/C12H7ClF2N2O3/c13-10-8(16)4-9(17-11(10)20-12(18)19)6-2-1-5(14)3-7(6)15/h1-4H,(H2,16,17)(H,18,19). The van der Waals surface area contributed by atoms with Crippen molar-refractivity contribution in [1.82, 2.24) is 4.98 Å². The van der Waals surface area contributed by atoms with Gasteiger partial charge in [-0.3, -0.25) is 0 Å². The molecule has 20 heavy (non-hydrogen) atoms. The Hall–Kier alpha value is -2.41. The number of nitrogens with two attached hydrogens (primary N) is 1. The Morgan fingerprint density at radius 1 is 1.35 bits per heavy atom. The lowest BCUT2D eigenvalue weighted by Crippen LogP contribution is -2.07. The van der Waals surface area contributed by atoms with Gasteiger partial charge in [-0.15, -0.1) is 0 Å². The molecule has 0 aliphatic carbocycles. The SMILES string of the molecule is Nc1cc(-c2ccc(F)cc2F)nc(OC(=O)O)c1Cl. The van der Waals surface area contributed by atoms with Gasteiger partial charge in [-0.05, 0) is 18.2 Å². The molecule has 104 valence electrons. The highest BCUT2D eigenvalue weighted by atomic mass is 35.5. The minimum absolute atomic E-state index is 0.0272. The topological polar surface area (TPSA) is 85.4 Å². The van der Waals surface area contributed by atoms with Crippen molar-refractivity contribution in [2.75, 3.05) is 5.73 Å². The Balaban J connectivity index is 2.57. The van der Waals surface area contributed by atoms with Gasteiger partial charge in [0.05, 0.1) is 11.4 Å². The number of nitrogens with zero attached hydrogens (tertiary/aromatic N) is 1. The lowest BCUT2D eigenvalue weighted by Gasteiger charge is -2.09. The van der Waals surface area contributed by atoms with Gasteiger partial charge in [-0.25, -0.2) is 18.6 Å². The van der Waals surface area contributed by atoms with Gasteiger partial charge in [0.15, 0.2) is 0 Å². The maximum atomic E-state index is 13.7. The third-order valence-electron chi connectivity index (χ3n) is 2.35. The second-order valence-corrected chi connectivity index (χ2v) is 4.09. The summed E-state index contributed by atoms with van der Waals surface area (Å²) in [5.74, 6) is -2.10. The molecule has 0 aliphatic heterocycles. The normalized spacial score (nSPS) is 10.3. The number of rotatable bonds is 2. The molecule has 5 nitrogen and oxygen atoms in total. The summed E-state index contributed by atoms with van der Waals surface area (Å²) in [6.07, 6.45) is -1.64. The second kappa shape index (κ2) is 5.30. The van der Waals surface area contributed by atoms with Crippen molar-refractivity contribution in [1.29, 1.82) is 0 Å². The first-order valence-corrected chi connectivity index (χ1v) is 5.58. The highest BCUT2D eigenvalue weighted by Gasteiger charge is 2.16. The van der Waals surface area contributed by atoms with Gasteiger partial charge < -0.3 is 15.6 Å². The van der Waals surface area contributed by atoms with Crippen LogP contribution >= 0.6 is 11.6 Å². The Morgan fingerprint density at radius 2 is 2.05 bits per heavy atom. The number of carboxylic acid groups (broad SMARTS) is 1. The molecule has 0 spiro atoms. The van der Waals surface area contributed by atoms with Gasteiger partial charge in [0.1, 0.15) is 16.7 Å². The summed E-state index contributed by atoms with van der Waals surface area (Å²) in [7, 11) is 0. The fraction of sp³-hybridized carbons (Fsp3) is 0. The highest BCUT2D eigenvalue weighted by molar-refractivity contribution is 6.34. The molecule has 0 saturated heterocycles. The Morgan fingerprint density at radius 3 is 2.65 bits per heavy atom. The number of pyridine rings is 1. The first-order chi connectivity index (χ1) is 9.38. The smallest absolute Gasteiger partial charge is 0.449 e. The largest absolute Gasteiger partial charge is 0.512 e. The van der Waals surface area contributed by atoms with Crippen molar-refractivity contribution in [3.63, 3.8) is 0 Å². The summed E-state index contributed by atoms with van der Waals surface area (Å²) in [5.41, 5.74) is 5.44. The number of carbonyl (C=O) groups is 1. The van der Waals surface area contributed by atoms with Crippen LogP contribution in [0.4, 0.5) is 19.3 Å². The molecule has 0 fully saturated rings. The minimum atomic E-state index is -1.64. The molecule has 0 unspecified atom stereocenters. The molecule has 1 aromatic carbocycles. The molecule has 1 aromatic heterocycles. The van der Waals surface area contributed by atoms with Gasteiger partial charge >= 0.3 is 6.16 Å². The second-order valence-electron chi connectivity index (χ2n) is 3.71. The van der Waals surface area contributed by atoms with Gasteiger partial charge in [0, 0.05) is 11.6 Å². The number of halogens is 3. The van der Waals surface area contributed by atoms with Crippen molar-refractivity contribution in [2.24, 2.45) is 0 Å². The zero-order valence-corrected chi connectivity index (χ0v) is 10.5. The molecule has 3 N–H and O–H groups in total. The predicted octanol–water partition coefficient (Wildman–Crippen LogP) is 3.32. The average Bonchev–Trinajstić information content (AvgIpc) is 2.34. The molecule has 0 bridgehead atoms. The fourth-order valence-electron chi connectivity index (χ4n) is 1.51. The van der Waals surface area contributed by atoms with E-state index < -0.39 is 23.7 Å². The number of nitrogen functional groups attached to an aromatic ring is 1. The molecule has 2 aromatic rings. The van der Waals surface area contributed by atoms with Gasteiger partial charge in [0.25, 0.3) is 0 Å². The summed E-state index contributed by atoms with van der Waals surface area (Å²) in [4.78, 5) is 14.3. The van der Waals surface area contributed by atoms with E-state index in [4.69, 9.17) is 22.4 Å². The van der Waals surface area contributed by atoms with Gasteiger partial charge in [-0.2, -0.15) is 0 Å². The summed E-state index contributed by atoms with van der Waals surface area (Å²) in [6.45, 7) is 0. The molecule has 0 saturated carbocycles. The van der Waals surface area contributed by atoms with E-state index in [1.807, 2.05) is 0 Å². The first-order valence-electron chi connectivity index (χ1n) is 5.20. The Kier molecular flexibility index (Phi) is 3.71. The van der Waals surface area contributed by atoms with E-state index in [0.717, 1.165) is 12.1 Å². The van der Waals surface area contributed by atoms with E-state index in [2.05, 4.69) is 9.72 Å². The highest BCUT2D eigenvalue weighted by Crippen LogP contribution is 2.33. The third kappa shape index (κ3) is 2.77. The van der Waals surface area contributed by atoms with Crippen LogP contribution in [0.25, 0.3) is 11.3 Å². The zero-order chi connectivity index (χ0) is 14.9. The number of hydrogen-bond donors (Lipinski definition) is 2. The van der Waals surface area contributed by atoms with Crippen LogP contribution in [0.3, 0.4) is 0 Å². The van der Waals surface area contributed by atoms with E-state index in [9.17, 15) is 13.6 Å². The minimum Gasteiger partial charge on any atom is -0.449 e. The number of hydrogen-bond acceptors (Lipinski definition) is 4.